The molecule has 0 unspecified atom stereocenters. The summed E-state index contributed by atoms with van der Waals surface area (Å²) < 4.78 is 0. The lowest BCUT2D eigenvalue weighted by Crippen LogP contribution is -1.69. The molecule has 0 saturated heterocycles. The topological polar surface area (TPSA) is 30.0 Å². The van der Waals surface area contributed by atoms with Gasteiger partial charge in [-0.1, -0.05) is 30.4 Å². The molecule has 1 aromatic rings. The summed E-state index contributed by atoms with van der Waals surface area (Å²) in [5.41, 5.74) is 0. The highest BCUT2D eigenvalue weighted by Gasteiger charge is 1.62. The van der Waals surface area contributed by atoms with Crippen molar-refractivity contribution in [2.45, 2.75) is 27.7 Å². The van der Waals surface area contributed by atoms with Crippen molar-refractivity contribution in [2.24, 2.45) is 0 Å². The Labute approximate surface area is 98.7 Å². The second-order valence-electron chi connectivity index (χ2n) is 2.98. The molecular formula is C14H21NO. The lowest BCUT2D eigenvalue weighted by Gasteiger charge is -1.70. The van der Waals surface area contributed by atoms with E-state index in [1.54, 1.807) is 12.4 Å². The molecule has 2 heteroatoms. The average molecular weight is 219 g/mol. The van der Waals surface area contributed by atoms with Gasteiger partial charge < -0.3 is 4.79 Å². The monoisotopic (exact) mass is 219 g/mol. The summed E-state index contributed by atoms with van der Waals surface area (Å²) in [5, 5.41) is 0. The number of pyridine rings is 1. The quantitative estimate of drug-likeness (QED) is 0.672. The summed E-state index contributed by atoms with van der Waals surface area (Å²) in [6.07, 6.45) is 11.5. The number of aromatic nitrogens is 1. The van der Waals surface area contributed by atoms with Crippen molar-refractivity contribution in [1.29, 1.82) is 0 Å². The van der Waals surface area contributed by atoms with Crippen LogP contribution in [0, 0.1) is 0 Å². The van der Waals surface area contributed by atoms with Crippen molar-refractivity contribution >= 4 is 5.78 Å². The van der Waals surface area contributed by atoms with Crippen molar-refractivity contribution in [3.63, 3.8) is 0 Å². The molecule has 2 nitrogen and oxygen atoms in total. The summed E-state index contributed by atoms with van der Waals surface area (Å²) in [6, 6.07) is 5.72. The second kappa shape index (κ2) is 15.8. The van der Waals surface area contributed by atoms with E-state index in [-0.39, 0.29) is 5.78 Å². The zero-order chi connectivity index (χ0) is 12.6. The first-order valence-electron chi connectivity index (χ1n) is 5.21. The zero-order valence-corrected chi connectivity index (χ0v) is 10.6. The van der Waals surface area contributed by atoms with Crippen molar-refractivity contribution in [2.75, 3.05) is 0 Å². The first kappa shape index (κ1) is 16.7. The normalized spacial score (nSPS) is 9.00. The Morgan fingerprint density at radius 3 is 1.44 bits per heavy atom. The van der Waals surface area contributed by atoms with E-state index in [2.05, 4.69) is 4.98 Å². The molecule has 0 radical (unpaired) electrons. The molecule has 0 aliphatic carbocycles. The van der Waals surface area contributed by atoms with Crippen LogP contribution in [-0.4, -0.2) is 10.8 Å². The highest BCUT2D eigenvalue weighted by atomic mass is 16.1. The van der Waals surface area contributed by atoms with E-state index in [4.69, 9.17) is 0 Å². The minimum atomic E-state index is 0.167. The minimum Gasteiger partial charge on any atom is -0.300 e. The highest BCUT2D eigenvalue weighted by Crippen LogP contribution is 1.73. The number of carbonyl (C=O) groups excluding carboxylic acids is 1. The number of hydrogen-bond acceptors (Lipinski definition) is 2. The Hall–Kier alpha value is -1.70. The summed E-state index contributed by atoms with van der Waals surface area (Å²) in [7, 11) is 0. The van der Waals surface area contributed by atoms with Gasteiger partial charge in [-0.05, 0) is 39.8 Å². The van der Waals surface area contributed by atoms with Gasteiger partial charge in [0.15, 0.2) is 0 Å². The van der Waals surface area contributed by atoms with Gasteiger partial charge in [0, 0.05) is 12.4 Å². The first-order valence-corrected chi connectivity index (χ1v) is 5.21. The molecule has 0 bridgehead atoms. The largest absolute Gasteiger partial charge is 0.300 e. The van der Waals surface area contributed by atoms with Gasteiger partial charge in [0.25, 0.3) is 0 Å². The maximum absolute atomic E-state index is 9.44. The van der Waals surface area contributed by atoms with Crippen LogP contribution >= 0.6 is 0 Å². The molecule has 0 fully saturated rings. The fourth-order valence-electron chi connectivity index (χ4n) is 0.535. The van der Waals surface area contributed by atoms with Crippen molar-refractivity contribution in [1.82, 2.24) is 4.98 Å². The van der Waals surface area contributed by atoms with E-state index in [1.165, 1.54) is 13.8 Å². The molecule has 0 aliphatic heterocycles. The number of hydrogen-bond donors (Lipinski definition) is 0. The number of rotatable bonds is 1. The first-order chi connectivity index (χ1) is 7.65. The van der Waals surface area contributed by atoms with E-state index in [0.717, 1.165) is 0 Å². The standard InChI is InChI=1S/C6H10.C5H5N.C3H6O/c1-3-5-6-4-2;1-2-4-6-5-3-1;1-3(2)4/h3-6H,1-2H3;1-5H;1-2H3/b5-3-,6-4-;;. The Morgan fingerprint density at radius 2 is 1.31 bits per heavy atom. The predicted molar refractivity (Wildman–Crippen MR) is 70.2 cm³/mol. The third-order valence-corrected chi connectivity index (χ3v) is 1.06. The molecule has 16 heavy (non-hydrogen) atoms. The fraction of sp³-hybridized carbons (Fsp3) is 0.286. The van der Waals surface area contributed by atoms with Gasteiger partial charge >= 0.3 is 0 Å². The van der Waals surface area contributed by atoms with E-state index >= 15 is 0 Å². The van der Waals surface area contributed by atoms with E-state index in [1.807, 2.05) is 56.4 Å². The molecule has 0 amide bonds. The Morgan fingerprint density at radius 1 is 0.938 bits per heavy atom. The van der Waals surface area contributed by atoms with Gasteiger partial charge in [-0.15, -0.1) is 0 Å². The van der Waals surface area contributed by atoms with Crippen LogP contribution in [0.4, 0.5) is 0 Å². The van der Waals surface area contributed by atoms with Crippen LogP contribution in [0.15, 0.2) is 54.9 Å². The number of ketones is 1. The molecule has 1 heterocycles. The zero-order valence-electron chi connectivity index (χ0n) is 10.6. The van der Waals surface area contributed by atoms with Gasteiger partial charge in [-0.25, -0.2) is 0 Å². The molecule has 1 aromatic heterocycles. The smallest absolute Gasteiger partial charge is 0.126 e. The van der Waals surface area contributed by atoms with Gasteiger partial charge in [0.05, 0.1) is 0 Å². The predicted octanol–water partition coefficient (Wildman–Crippen LogP) is 3.82. The lowest BCUT2D eigenvalue weighted by molar-refractivity contribution is -0.114. The van der Waals surface area contributed by atoms with Crippen LogP contribution in [0.3, 0.4) is 0 Å². The Kier molecular flexibility index (Phi) is 16.5. The van der Waals surface area contributed by atoms with Crippen LogP contribution in [0.25, 0.3) is 0 Å². The van der Waals surface area contributed by atoms with E-state index in [9.17, 15) is 4.79 Å². The number of carbonyl (C=O) groups is 1. The molecular weight excluding hydrogens is 198 g/mol. The van der Waals surface area contributed by atoms with Gasteiger partial charge in [0.2, 0.25) is 0 Å². The summed E-state index contributed by atoms with van der Waals surface area (Å²) >= 11 is 0. The van der Waals surface area contributed by atoms with Crippen molar-refractivity contribution in [3.05, 3.63) is 54.9 Å². The maximum atomic E-state index is 9.44. The third kappa shape index (κ3) is 29.5. The van der Waals surface area contributed by atoms with Crippen LogP contribution in [0.2, 0.25) is 0 Å². The highest BCUT2D eigenvalue weighted by molar-refractivity contribution is 5.72. The molecule has 0 aromatic carbocycles. The summed E-state index contributed by atoms with van der Waals surface area (Å²) in [5.74, 6) is 0.167. The van der Waals surface area contributed by atoms with Crippen LogP contribution in [0.1, 0.15) is 27.7 Å². The molecule has 0 aliphatic rings. The van der Waals surface area contributed by atoms with Gasteiger partial charge in [-0.3, -0.25) is 4.98 Å². The maximum Gasteiger partial charge on any atom is 0.126 e. The lowest BCUT2D eigenvalue weighted by atomic mass is 10.5. The van der Waals surface area contributed by atoms with Gasteiger partial charge in [-0.2, -0.15) is 0 Å². The number of nitrogens with zero attached hydrogens (tertiary/aromatic N) is 1. The molecule has 0 saturated carbocycles. The van der Waals surface area contributed by atoms with Crippen LogP contribution in [-0.2, 0) is 4.79 Å². The van der Waals surface area contributed by atoms with Crippen LogP contribution in [0.5, 0.6) is 0 Å². The Bertz CT molecular complexity index is 248. The number of allylic oxidation sites excluding steroid dienone is 4. The molecule has 0 spiro atoms. The SMILES string of the molecule is C/C=C\C=C/C.CC(C)=O.c1ccncc1. The second-order valence-corrected chi connectivity index (χ2v) is 2.98. The van der Waals surface area contributed by atoms with Crippen molar-refractivity contribution < 1.29 is 4.79 Å². The van der Waals surface area contributed by atoms with E-state index in [0.29, 0.717) is 0 Å². The molecule has 1 rings (SSSR count). The summed E-state index contributed by atoms with van der Waals surface area (Å²) in [4.78, 5) is 13.2. The van der Waals surface area contributed by atoms with Gasteiger partial charge in [0.1, 0.15) is 5.78 Å². The molecule has 0 atom stereocenters. The molecule has 88 valence electrons. The average Bonchev–Trinajstić information content (AvgIpc) is 2.29. The van der Waals surface area contributed by atoms with E-state index < -0.39 is 0 Å². The van der Waals surface area contributed by atoms with Crippen LogP contribution < -0.4 is 0 Å². The van der Waals surface area contributed by atoms with Crippen molar-refractivity contribution in [3.8, 4) is 0 Å². The fourth-order valence-corrected chi connectivity index (χ4v) is 0.535. The summed E-state index contributed by atoms with van der Waals surface area (Å²) in [6.45, 7) is 7.06. The third-order valence-electron chi connectivity index (χ3n) is 1.06. The molecule has 0 N–H and O–H groups in total. The number of Topliss-reactive ketones (excluding diaryl/α,β-unsaturated/α-hetero) is 1. The Balaban J connectivity index is 0. The minimum absolute atomic E-state index is 0.167.